The van der Waals surface area contributed by atoms with Crippen LogP contribution in [-0.4, -0.2) is 43.2 Å². The van der Waals surface area contributed by atoms with Gasteiger partial charge in [0.25, 0.3) is 10.1 Å². The maximum Gasteiger partial charge on any atom is 0.261 e. The lowest BCUT2D eigenvalue weighted by atomic mass is 10.2. The lowest BCUT2D eigenvalue weighted by molar-refractivity contribution is 0.413. The van der Waals surface area contributed by atoms with E-state index in [1.165, 1.54) is 48.5 Å². The molecule has 0 amide bonds. The third-order valence-electron chi connectivity index (χ3n) is 5.20. The molecule has 0 bridgehead atoms. The fraction of sp³-hybridized carbons (Fsp3) is 0.111. The molecule has 0 aliphatic heterocycles. The number of benzene rings is 4. The van der Waals surface area contributed by atoms with Gasteiger partial charge in [0.2, 0.25) is 19.7 Å². The van der Waals surface area contributed by atoms with Gasteiger partial charge in [-0.3, -0.25) is 4.55 Å². The SMILES string of the molecule is COc1ccc(Oc2ccc(S(=O)(=O)c3ccc(S(=O)(=O)c4ccc(C)cc4)cc3)cc2)cc1.CS(=O)(=O)O. The van der Waals surface area contributed by atoms with Crippen LogP contribution in [0.5, 0.6) is 17.2 Å². The van der Waals surface area contributed by atoms with E-state index in [4.69, 9.17) is 14.0 Å². The van der Waals surface area contributed by atoms with Gasteiger partial charge in [-0.15, -0.1) is 0 Å². The smallest absolute Gasteiger partial charge is 0.261 e. The van der Waals surface area contributed by atoms with Crippen molar-refractivity contribution in [3.8, 4) is 17.2 Å². The van der Waals surface area contributed by atoms with Gasteiger partial charge < -0.3 is 9.47 Å². The summed E-state index contributed by atoms with van der Waals surface area (Å²) in [5.74, 6) is 1.76. The van der Waals surface area contributed by atoms with Crippen molar-refractivity contribution < 1.29 is 39.3 Å². The molecule has 0 aliphatic carbocycles. The summed E-state index contributed by atoms with van der Waals surface area (Å²) >= 11 is 0. The number of aryl methyl sites for hydroxylation is 1. The molecule has 9 nitrogen and oxygen atoms in total. The topological polar surface area (TPSA) is 141 Å². The van der Waals surface area contributed by atoms with Crippen molar-refractivity contribution in [2.24, 2.45) is 0 Å². The minimum atomic E-state index is -3.84. The number of hydrogen-bond acceptors (Lipinski definition) is 8. The predicted molar refractivity (Wildman–Crippen MR) is 146 cm³/mol. The summed E-state index contributed by atoms with van der Waals surface area (Å²) in [5, 5.41) is 0. The van der Waals surface area contributed by atoms with Crippen LogP contribution in [-0.2, 0) is 29.8 Å². The number of sulfone groups is 2. The van der Waals surface area contributed by atoms with Gasteiger partial charge >= 0.3 is 0 Å². The molecule has 4 rings (SSSR count). The van der Waals surface area contributed by atoms with Gasteiger partial charge in [-0.1, -0.05) is 17.7 Å². The zero-order valence-corrected chi connectivity index (χ0v) is 23.6. The van der Waals surface area contributed by atoms with Gasteiger partial charge in [-0.2, -0.15) is 8.42 Å². The fourth-order valence-electron chi connectivity index (χ4n) is 3.25. The average Bonchev–Trinajstić information content (AvgIpc) is 2.89. The van der Waals surface area contributed by atoms with Crippen LogP contribution in [0, 0.1) is 6.92 Å². The first-order valence-corrected chi connectivity index (χ1v) is 16.0. The number of hydrogen-bond donors (Lipinski definition) is 1. The zero-order valence-electron chi connectivity index (χ0n) is 21.2. The number of ether oxygens (including phenoxy) is 2. The molecule has 0 saturated carbocycles. The van der Waals surface area contributed by atoms with Crippen molar-refractivity contribution in [3.05, 3.63) is 103 Å². The van der Waals surface area contributed by atoms with Crippen LogP contribution in [0.25, 0.3) is 0 Å². The van der Waals surface area contributed by atoms with Crippen LogP contribution >= 0.6 is 0 Å². The van der Waals surface area contributed by atoms with E-state index in [-0.39, 0.29) is 19.6 Å². The Bertz CT molecular complexity index is 1720. The Hall–Kier alpha value is -3.71. The van der Waals surface area contributed by atoms with E-state index in [2.05, 4.69) is 0 Å². The van der Waals surface area contributed by atoms with Crippen molar-refractivity contribution in [2.75, 3.05) is 13.4 Å². The number of methoxy groups -OCH3 is 1. The second-order valence-electron chi connectivity index (χ2n) is 8.27. The van der Waals surface area contributed by atoms with Gasteiger partial charge in [0.1, 0.15) is 17.2 Å². The van der Waals surface area contributed by atoms with E-state index in [0.29, 0.717) is 23.5 Å². The summed E-state index contributed by atoms with van der Waals surface area (Å²) in [7, 11) is -9.67. The molecule has 0 aromatic heterocycles. The molecule has 4 aromatic carbocycles. The number of rotatable bonds is 7. The maximum atomic E-state index is 13.0. The second kappa shape index (κ2) is 12.0. The Balaban J connectivity index is 0.000000771. The highest BCUT2D eigenvalue weighted by Crippen LogP contribution is 2.28. The summed E-state index contributed by atoms with van der Waals surface area (Å²) in [6, 6.07) is 24.8. The Morgan fingerprint density at radius 1 is 0.513 bits per heavy atom. The van der Waals surface area contributed by atoms with Crippen LogP contribution in [0.15, 0.2) is 117 Å². The molecule has 0 saturated heterocycles. The van der Waals surface area contributed by atoms with E-state index in [1.807, 2.05) is 6.92 Å². The molecular formula is C27H26O9S3. The Labute approximate surface area is 228 Å². The Kier molecular flexibility index (Phi) is 9.18. The fourth-order valence-corrected chi connectivity index (χ4v) is 5.78. The van der Waals surface area contributed by atoms with Gasteiger partial charge in [-0.05, 0) is 91.9 Å². The molecule has 0 spiro atoms. The summed E-state index contributed by atoms with van der Waals surface area (Å²) in [5.41, 5.74) is 0.945. The Morgan fingerprint density at radius 2 is 0.769 bits per heavy atom. The van der Waals surface area contributed by atoms with Crippen LogP contribution < -0.4 is 9.47 Å². The van der Waals surface area contributed by atoms with Crippen LogP contribution in [0.2, 0.25) is 0 Å². The molecule has 1 N–H and O–H groups in total. The van der Waals surface area contributed by atoms with E-state index < -0.39 is 29.8 Å². The highest BCUT2D eigenvalue weighted by Gasteiger charge is 2.21. The maximum absolute atomic E-state index is 13.0. The molecular weight excluding hydrogens is 564 g/mol. The van der Waals surface area contributed by atoms with E-state index in [1.54, 1.807) is 55.6 Å². The van der Waals surface area contributed by atoms with E-state index >= 15 is 0 Å². The summed E-state index contributed by atoms with van der Waals surface area (Å²) in [6.45, 7) is 1.87. The zero-order chi connectivity index (χ0) is 28.8. The molecule has 206 valence electrons. The largest absolute Gasteiger partial charge is 0.497 e. The summed E-state index contributed by atoms with van der Waals surface area (Å²) in [4.78, 5) is 0.252. The first kappa shape index (κ1) is 29.8. The molecule has 0 fully saturated rings. The predicted octanol–water partition coefficient (Wildman–Crippen LogP) is 4.97. The summed E-state index contributed by atoms with van der Waals surface area (Å²) in [6.07, 6.45) is 0.715. The second-order valence-corrected chi connectivity index (χ2v) is 13.6. The lowest BCUT2D eigenvalue weighted by Crippen LogP contribution is -2.05. The average molecular weight is 591 g/mol. The molecule has 0 heterocycles. The van der Waals surface area contributed by atoms with Crippen molar-refractivity contribution in [1.29, 1.82) is 0 Å². The van der Waals surface area contributed by atoms with Gasteiger partial charge in [0.15, 0.2) is 0 Å². The first-order chi connectivity index (χ1) is 18.2. The highest BCUT2D eigenvalue weighted by atomic mass is 32.2. The van der Waals surface area contributed by atoms with Crippen molar-refractivity contribution in [2.45, 2.75) is 26.5 Å². The molecule has 0 aliphatic rings. The van der Waals surface area contributed by atoms with Gasteiger partial charge in [0.05, 0.1) is 32.9 Å². The molecule has 0 radical (unpaired) electrons. The normalized spacial score (nSPS) is 11.7. The molecule has 12 heteroatoms. The standard InChI is InChI=1S/C26H22O6S2.CH4O3S/c1-19-3-11-23(12-4-19)33(27,28)25-15-17-26(18-16-25)34(29,30)24-13-9-22(10-14-24)32-21-7-5-20(31-2)6-8-21;1-5(2,3)4/h3-18H,1-2H3;1H3,(H,2,3,4). The molecule has 0 unspecified atom stereocenters. The van der Waals surface area contributed by atoms with Crippen molar-refractivity contribution >= 4 is 29.8 Å². The highest BCUT2D eigenvalue weighted by molar-refractivity contribution is 7.92. The molecule has 39 heavy (non-hydrogen) atoms. The third kappa shape index (κ3) is 8.14. The minimum absolute atomic E-state index is 0.000760. The van der Waals surface area contributed by atoms with Crippen molar-refractivity contribution in [3.63, 3.8) is 0 Å². The summed E-state index contributed by atoms with van der Waals surface area (Å²) < 4.78 is 88.5. The van der Waals surface area contributed by atoms with E-state index in [0.717, 1.165) is 5.56 Å². The van der Waals surface area contributed by atoms with Crippen LogP contribution in [0.1, 0.15) is 5.56 Å². The quantitative estimate of drug-likeness (QED) is 0.295. The van der Waals surface area contributed by atoms with E-state index in [9.17, 15) is 25.3 Å². The van der Waals surface area contributed by atoms with Gasteiger partial charge in [-0.25, -0.2) is 16.8 Å². The Morgan fingerprint density at radius 3 is 1.10 bits per heavy atom. The lowest BCUT2D eigenvalue weighted by Gasteiger charge is -2.09. The van der Waals surface area contributed by atoms with Gasteiger partial charge in [0, 0.05) is 0 Å². The molecule has 0 atom stereocenters. The molecule has 4 aromatic rings. The van der Waals surface area contributed by atoms with Crippen LogP contribution in [0.4, 0.5) is 0 Å². The monoisotopic (exact) mass is 590 g/mol. The third-order valence-corrected chi connectivity index (χ3v) is 8.78. The van der Waals surface area contributed by atoms with Crippen molar-refractivity contribution in [1.82, 2.24) is 0 Å². The van der Waals surface area contributed by atoms with Crippen LogP contribution in [0.3, 0.4) is 0 Å². The minimum Gasteiger partial charge on any atom is -0.497 e. The first-order valence-electron chi connectivity index (χ1n) is 11.2.